The van der Waals surface area contributed by atoms with E-state index in [0.717, 1.165) is 66.9 Å². The molecule has 2 heterocycles. The van der Waals surface area contributed by atoms with Gasteiger partial charge in [-0.15, -0.1) is 0 Å². The van der Waals surface area contributed by atoms with Crippen molar-refractivity contribution in [2.45, 2.75) is 0 Å². The molecule has 69 heavy (non-hydrogen) atoms. The van der Waals surface area contributed by atoms with Crippen LogP contribution in [0.4, 0.5) is 17.1 Å². The van der Waals surface area contributed by atoms with Crippen molar-refractivity contribution >= 4 is 60.8 Å². The predicted molar refractivity (Wildman–Crippen MR) is 290 cm³/mol. The normalized spacial score (nSPS) is 11.5. The van der Waals surface area contributed by atoms with E-state index < -0.39 is 0 Å². The van der Waals surface area contributed by atoms with E-state index in [1.54, 1.807) is 0 Å². The smallest absolute Gasteiger partial charge is 0.143 e. The molecule has 0 N–H and O–H groups in total. The third-order valence-electron chi connectivity index (χ3n) is 13.7. The summed E-state index contributed by atoms with van der Waals surface area (Å²) in [7, 11) is 0. The minimum absolute atomic E-state index is 0.898. The van der Waals surface area contributed by atoms with Crippen LogP contribution in [0.1, 0.15) is 0 Å². The van der Waals surface area contributed by atoms with Gasteiger partial charge in [0.15, 0.2) is 0 Å². The van der Waals surface area contributed by atoms with E-state index in [0.29, 0.717) is 0 Å². The first-order valence-electron chi connectivity index (χ1n) is 23.6. The average Bonchev–Trinajstić information content (AvgIpc) is 3.98. The Morgan fingerprint density at radius 1 is 0.275 bits per heavy atom. The van der Waals surface area contributed by atoms with Gasteiger partial charge in [-0.2, -0.15) is 0 Å². The highest BCUT2D eigenvalue weighted by molar-refractivity contribution is 6.11. The van der Waals surface area contributed by atoms with Crippen molar-refractivity contribution in [1.29, 1.82) is 0 Å². The molecular weight excluding hydrogens is 837 g/mol. The molecule has 0 unspecified atom stereocenters. The van der Waals surface area contributed by atoms with Gasteiger partial charge in [0.25, 0.3) is 0 Å². The minimum Gasteiger partial charge on any atom is -0.455 e. The number of nitrogens with zero attached hydrogens (tertiary/aromatic N) is 2. The van der Waals surface area contributed by atoms with Crippen LogP contribution >= 0.6 is 0 Å². The first kappa shape index (κ1) is 40.1. The Bertz CT molecular complexity index is 3930. The number of anilines is 3. The van der Waals surface area contributed by atoms with Gasteiger partial charge in [0.2, 0.25) is 0 Å². The van der Waals surface area contributed by atoms with Crippen LogP contribution in [-0.2, 0) is 0 Å². The number of hydrogen-bond donors (Lipinski definition) is 0. The molecule has 11 aromatic carbocycles. The van der Waals surface area contributed by atoms with E-state index in [9.17, 15) is 0 Å². The summed E-state index contributed by atoms with van der Waals surface area (Å²) < 4.78 is 8.92. The zero-order valence-electron chi connectivity index (χ0n) is 37.7. The molecule has 0 spiro atoms. The summed E-state index contributed by atoms with van der Waals surface area (Å²) in [5.74, 6) is 0. The molecule has 3 heteroatoms. The fourth-order valence-electron chi connectivity index (χ4n) is 10.3. The molecule has 0 saturated heterocycles. The summed E-state index contributed by atoms with van der Waals surface area (Å²) in [5.41, 5.74) is 20.1. The summed E-state index contributed by atoms with van der Waals surface area (Å²) in [6.45, 7) is 0. The van der Waals surface area contributed by atoms with Crippen LogP contribution in [0.3, 0.4) is 0 Å². The number of rotatable bonds is 9. The van der Waals surface area contributed by atoms with Gasteiger partial charge in [-0.25, -0.2) is 0 Å². The molecule has 0 bridgehead atoms. The Morgan fingerprint density at radius 3 is 1.29 bits per heavy atom. The number of fused-ring (bicyclic) bond motifs is 6. The molecule has 324 valence electrons. The maximum atomic E-state index is 6.48. The SMILES string of the molecule is c1ccc(-c2ccc(-c3ccc(N(c4ccc(-c5ccccc5-c5ccccc5)cc4)c4ccc(-c5cccc6c5oc5ccccc56)cc4)cc3)c(-n3c4ccccc4c4ccccc43)c2)cc1. The first-order valence-corrected chi connectivity index (χ1v) is 23.6. The molecule has 0 atom stereocenters. The van der Waals surface area contributed by atoms with E-state index in [-0.39, 0.29) is 0 Å². The van der Waals surface area contributed by atoms with Gasteiger partial charge in [-0.05, 0) is 105 Å². The molecule has 0 aliphatic rings. The number of benzene rings is 11. The second-order valence-electron chi connectivity index (χ2n) is 17.6. The molecule has 13 rings (SSSR count). The lowest BCUT2D eigenvalue weighted by atomic mass is 9.94. The second-order valence-corrected chi connectivity index (χ2v) is 17.6. The highest BCUT2D eigenvalue weighted by atomic mass is 16.3. The summed E-state index contributed by atoms with van der Waals surface area (Å²) in [6.07, 6.45) is 0. The Labute approximate surface area is 401 Å². The van der Waals surface area contributed by atoms with Crippen LogP contribution in [0.25, 0.3) is 105 Å². The summed E-state index contributed by atoms with van der Waals surface area (Å²) in [5, 5.41) is 4.73. The minimum atomic E-state index is 0.898. The van der Waals surface area contributed by atoms with Gasteiger partial charge in [-0.3, -0.25) is 0 Å². The Balaban J connectivity index is 0.933. The lowest BCUT2D eigenvalue weighted by molar-refractivity contribution is 0.670. The molecule has 0 aliphatic heterocycles. The van der Waals surface area contributed by atoms with Crippen molar-refractivity contribution in [3.8, 4) is 61.3 Å². The lowest BCUT2D eigenvalue weighted by Crippen LogP contribution is -2.10. The van der Waals surface area contributed by atoms with E-state index in [2.05, 4.69) is 264 Å². The van der Waals surface area contributed by atoms with Crippen LogP contribution < -0.4 is 4.90 Å². The fraction of sp³-hybridized carbons (Fsp3) is 0. The molecule has 0 aliphatic carbocycles. The van der Waals surface area contributed by atoms with E-state index in [1.165, 1.54) is 55.2 Å². The van der Waals surface area contributed by atoms with Crippen molar-refractivity contribution in [1.82, 2.24) is 4.57 Å². The number of furan rings is 1. The molecule has 2 aromatic heterocycles. The van der Waals surface area contributed by atoms with Crippen molar-refractivity contribution in [3.63, 3.8) is 0 Å². The van der Waals surface area contributed by atoms with E-state index in [4.69, 9.17) is 4.42 Å². The fourth-order valence-corrected chi connectivity index (χ4v) is 10.3. The van der Waals surface area contributed by atoms with Crippen molar-refractivity contribution < 1.29 is 4.42 Å². The Hall–Kier alpha value is -9.18. The quantitative estimate of drug-likeness (QED) is 0.144. The Morgan fingerprint density at radius 2 is 0.696 bits per heavy atom. The zero-order valence-corrected chi connectivity index (χ0v) is 37.7. The maximum Gasteiger partial charge on any atom is 0.143 e. The topological polar surface area (TPSA) is 21.3 Å². The van der Waals surface area contributed by atoms with Crippen LogP contribution in [0.5, 0.6) is 0 Å². The predicted octanol–water partition coefficient (Wildman–Crippen LogP) is 18.5. The van der Waals surface area contributed by atoms with Gasteiger partial charge in [0.05, 0.1) is 16.7 Å². The summed E-state index contributed by atoms with van der Waals surface area (Å²) in [6, 6.07) is 96.1. The summed E-state index contributed by atoms with van der Waals surface area (Å²) in [4.78, 5) is 2.36. The van der Waals surface area contributed by atoms with Gasteiger partial charge in [0, 0.05) is 49.7 Å². The lowest BCUT2D eigenvalue weighted by Gasteiger charge is -2.26. The van der Waals surface area contributed by atoms with Crippen molar-refractivity contribution in [3.05, 3.63) is 267 Å². The molecule has 0 fully saturated rings. The van der Waals surface area contributed by atoms with Crippen LogP contribution in [0.15, 0.2) is 271 Å². The van der Waals surface area contributed by atoms with Crippen LogP contribution in [0.2, 0.25) is 0 Å². The maximum absolute atomic E-state index is 6.48. The zero-order chi connectivity index (χ0) is 45.7. The molecule has 0 saturated carbocycles. The monoisotopic (exact) mass is 880 g/mol. The number of hydrogen-bond acceptors (Lipinski definition) is 2. The average molecular weight is 881 g/mol. The number of aromatic nitrogens is 1. The second kappa shape index (κ2) is 16.9. The molecular formula is C66H44N2O. The Kier molecular flexibility index (Phi) is 9.84. The molecule has 3 nitrogen and oxygen atoms in total. The molecule has 0 amide bonds. The van der Waals surface area contributed by atoms with Crippen LogP contribution in [0, 0.1) is 0 Å². The van der Waals surface area contributed by atoms with E-state index in [1.807, 2.05) is 12.1 Å². The van der Waals surface area contributed by atoms with Gasteiger partial charge >= 0.3 is 0 Å². The largest absolute Gasteiger partial charge is 0.455 e. The summed E-state index contributed by atoms with van der Waals surface area (Å²) >= 11 is 0. The number of para-hydroxylation sites is 4. The highest BCUT2D eigenvalue weighted by Crippen LogP contribution is 2.43. The molecule has 13 aromatic rings. The van der Waals surface area contributed by atoms with Crippen molar-refractivity contribution in [2.24, 2.45) is 0 Å². The third kappa shape index (κ3) is 7.08. The van der Waals surface area contributed by atoms with Crippen molar-refractivity contribution in [2.75, 3.05) is 4.90 Å². The van der Waals surface area contributed by atoms with Gasteiger partial charge in [0.1, 0.15) is 11.2 Å². The standard InChI is InChI=1S/C66H44N2O/c1-3-16-45(17-4-1)50-36-43-56(64(44-50)68-62-27-12-9-22-58(62)59-23-10-13-28-63(59)68)48-32-39-52(40-33-48)67(51-37-30-47(31-38-51)55-21-8-7-20-54(55)46-18-5-2-6-19-46)53-41-34-49(35-42-53)57-25-15-26-61-60-24-11-14-29-65(60)69-66(57)61/h1-44H. The highest BCUT2D eigenvalue weighted by Gasteiger charge is 2.20. The third-order valence-corrected chi connectivity index (χ3v) is 13.7. The molecule has 0 radical (unpaired) electrons. The van der Waals surface area contributed by atoms with Crippen LogP contribution in [-0.4, -0.2) is 4.57 Å². The van der Waals surface area contributed by atoms with Gasteiger partial charge < -0.3 is 13.9 Å². The van der Waals surface area contributed by atoms with E-state index >= 15 is 0 Å². The first-order chi connectivity index (χ1) is 34.2. The van der Waals surface area contributed by atoms with Gasteiger partial charge in [-0.1, -0.05) is 206 Å².